The number of nitrogens with one attached hydrogen (secondary N) is 4. The third kappa shape index (κ3) is 21.2. The predicted molar refractivity (Wildman–Crippen MR) is 354 cm³/mol. The van der Waals surface area contributed by atoms with Crippen molar-refractivity contribution in [3.8, 4) is 40.8 Å². The molecule has 0 spiro atoms. The van der Waals surface area contributed by atoms with Crippen LogP contribution in [0.2, 0.25) is 0 Å². The van der Waals surface area contributed by atoms with Crippen LogP contribution in [0.3, 0.4) is 0 Å². The van der Waals surface area contributed by atoms with Crippen molar-refractivity contribution in [1.82, 2.24) is 26.0 Å². The Hall–Kier alpha value is -4.56. The number of rotatable bonds is 41. The molecule has 95 heavy (non-hydrogen) atoms. The van der Waals surface area contributed by atoms with Crippen LogP contribution >= 0.6 is 0 Å². The van der Waals surface area contributed by atoms with Crippen molar-refractivity contribution in [3.05, 3.63) is 29.8 Å². The molecule has 17 unspecified atom stereocenters. The van der Waals surface area contributed by atoms with Gasteiger partial charge in [0, 0.05) is 107 Å². The molecule has 5 saturated heterocycles. The number of unbranched alkanes of at least 4 members (excludes halogenated alkanes) is 1. The molecule has 5 aliphatic heterocycles. The van der Waals surface area contributed by atoms with Gasteiger partial charge in [-0.25, -0.2) is 4.79 Å². The molecule has 1 aromatic carbocycles. The number of methoxy groups -OCH3 is 3. The second-order valence-electron chi connectivity index (χ2n) is 26.8. The Morgan fingerprint density at radius 2 is 1.02 bits per heavy atom. The van der Waals surface area contributed by atoms with Crippen LogP contribution in [0.4, 0.5) is 0 Å². The number of esters is 1. The van der Waals surface area contributed by atoms with E-state index in [0.717, 1.165) is 25.7 Å². The summed E-state index contributed by atoms with van der Waals surface area (Å²) in [6.45, 7) is 20.6. The molecule has 0 amide bonds. The number of hydrogen-bond acceptors (Lipinski definition) is 23. The van der Waals surface area contributed by atoms with Crippen LogP contribution in [-0.2, 0) is 63.6 Å². The van der Waals surface area contributed by atoms with Crippen molar-refractivity contribution < 1.29 is 91.3 Å². The summed E-state index contributed by atoms with van der Waals surface area (Å²) >= 11 is 0. The first-order valence-electron chi connectivity index (χ1n) is 35.4. The number of carbonyl (C=O) groups is 2. The van der Waals surface area contributed by atoms with E-state index in [1.54, 1.807) is 33.5 Å². The number of benzene rings is 1. The van der Waals surface area contributed by atoms with Crippen LogP contribution in [0, 0.1) is 71.0 Å². The summed E-state index contributed by atoms with van der Waals surface area (Å²) in [4.78, 5) is 32.7. The molecule has 8 rings (SSSR count). The second kappa shape index (κ2) is 39.9. The summed E-state index contributed by atoms with van der Waals surface area (Å²) in [5.74, 6) is 8.96. The normalized spacial score (nSPS) is 30.7. The molecule has 8 bridgehead atoms. The zero-order valence-corrected chi connectivity index (χ0v) is 58.1. The first-order chi connectivity index (χ1) is 46.2. The molecule has 1 aliphatic carbocycles. The van der Waals surface area contributed by atoms with Crippen LogP contribution < -0.4 is 40.3 Å². The van der Waals surface area contributed by atoms with E-state index >= 15 is 0 Å². The number of aromatic nitrogens is 1. The number of nitrogens with zero attached hydrogens (tertiary/aromatic N) is 1. The maximum atomic E-state index is 14.5. The Labute approximate surface area is 564 Å². The Bertz CT molecular complexity index is 2580. The predicted octanol–water partition coefficient (Wildman–Crippen LogP) is 5.71. The number of aromatic hydroxyl groups is 2. The number of hydrogen-bond donors (Lipinski definition) is 7. The molecule has 6 aliphatic rings. The van der Waals surface area contributed by atoms with Gasteiger partial charge in [0.05, 0.1) is 111 Å². The van der Waals surface area contributed by atoms with Crippen molar-refractivity contribution in [3.63, 3.8) is 0 Å². The standard InChI is InChI=1S/C71H115N5O19/c1-10-50-45(3)55-42-58-51(11-2)46(4)67(74-58)53(15-13-12-14-16-65(81)95-76-62(78)18-19-63(76)79)68-47(5)52(69(75-68)54-41-59(77)66-48(6)56(73-70(54)66)43-57(50)72-55)17-20-64(80)94-44-49-39-60(91-36-33-88-30-27-85-24-21-82-7)71(93-38-35-90-32-29-87-26-23-84-9)61(40-49)92-37-34-89-31-28-86-25-22-83-8/h18-19,39-40,45-48,50-59,66-70,72-75,77-79H,10-12,14,16-17,20-38,41-44H2,1-9H3/t45?,46?,47-,48?,50?,51?,52-,53?,54?,55?,56?,57?,58?,59?,66?,67?,68?,69?,70?/m0/s1. The molecule has 24 nitrogen and oxygen atoms in total. The van der Waals surface area contributed by atoms with Gasteiger partial charge in [0.15, 0.2) is 11.5 Å². The molecule has 19 atom stereocenters. The number of aliphatic hydroxyl groups is 1. The van der Waals surface area contributed by atoms with E-state index < -0.39 is 12.1 Å². The van der Waals surface area contributed by atoms with Gasteiger partial charge in [-0.3, -0.25) is 4.79 Å². The summed E-state index contributed by atoms with van der Waals surface area (Å²) in [6.07, 6.45) is 5.95. The van der Waals surface area contributed by atoms with Gasteiger partial charge >= 0.3 is 11.9 Å². The summed E-state index contributed by atoms with van der Waals surface area (Å²) < 4.78 is 75.6. The fourth-order valence-electron chi connectivity index (χ4n) is 16.3. The third-order valence-electron chi connectivity index (χ3n) is 21.1. The van der Waals surface area contributed by atoms with E-state index in [0.29, 0.717) is 168 Å². The van der Waals surface area contributed by atoms with Gasteiger partial charge in [-0.15, -0.1) is 10.7 Å². The molecule has 538 valence electrons. The molecule has 7 N–H and O–H groups in total. The Balaban J connectivity index is 1.03. The number of carbonyl (C=O) groups excluding carboxylic acids is 2. The fraction of sp³-hybridized carbons (Fsp3) is 0.803. The highest BCUT2D eigenvalue weighted by molar-refractivity contribution is 5.70. The molecule has 24 heteroatoms. The van der Waals surface area contributed by atoms with E-state index in [1.807, 2.05) is 0 Å². The highest BCUT2D eigenvalue weighted by atomic mass is 16.7. The topological polar surface area (TPSA) is 277 Å². The molecular weight excluding hydrogens is 1230 g/mol. The van der Waals surface area contributed by atoms with Crippen LogP contribution in [0.5, 0.6) is 29.0 Å². The van der Waals surface area contributed by atoms with E-state index in [2.05, 4.69) is 74.7 Å². The lowest BCUT2D eigenvalue weighted by molar-refractivity contribution is -0.146. The minimum absolute atomic E-state index is 0.0234. The number of aliphatic hydroxyl groups excluding tert-OH is 1. The SMILES string of the molecule is CCC1C2CC3NC4C(CC(O)C4C3C)C3NC(C(C#CCCCC(=O)On4c(O)ccc4O)C4NC(CC(N2)C1C)C(CC)C4C)[C@@H](C)[C@@H]3CCC(=O)OCc1cc(OCCOCCOCCOC)c(OCCOCCOCCOC)c(OCCOCCOCCOC)c1. The monoisotopic (exact) mass is 1340 g/mol. The molecule has 6 heterocycles. The van der Waals surface area contributed by atoms with Gasteiger partial charge in [0.1, 0.15) is 26.4 Å². The van der Waals surface area contributed by atoms with Gasteiger partial charge in [-0.1, -0.05) is 60.3 Å². The van der Waals surface area contributed by atoms with Crippen molar-refractivity contribution in [2.45, 2.75) is 167 Å². The van der Waals surface area contributed by atoms with Crippen molar-refractivity contribution in [1.29, 1.82) is 0 Å². The van der Waals surface area contributed by atoms with E-state index in [1.165, 1.54) is 12.1 Å². The van der Waals surface area contributed by atoms with Gasteiger partial charge in [-0.2, -0.15) is 0 Å². The maximum Gasteiger partial charge on any atom is 0.333 e. The summed E-state index contributed by atoms with van der Waals surface area (Å²) in [7, 11) is 4.88. The maximum absolute atomic E-state index is 14.5. The van der Waals surface area contributed by atoms with E-state index in [4.69, 9.17) is 66.4 Å². The number of ether oxygens (including phenoxy) is 13. The number of fused-ring (bicyclic) bond motifs is 8. The highest BCUT2D eigenvalue weighted by Crippen LogP contribution is 2.52. The zero-order chi connectivity index (χ0) is 67.6. The first-order valence-corrected chi connectivity index (χ1v) is 35.4. The quantitative estimate of drug-likeness (QED) is 0.0239. The van der Waals surface area contributed by atoms with Gasteiger partial charge in [0.2, 0.25) is 17.5 Å². The lowest BCUT2D eigenvalue weighted by Crippen LogP contribution is -2.51. The van der Waals surface area contributed by atoms with Crippen LogP contribution in [0.25, 0.3) is 0 Å². The minimum atomic E-state index is -0.595. The first kappa shape index (κ1) is 76.2. The average molecular weight is 1340 g/mol. The van der Waals surface area contributed by atoms with Crippen LogP contribution in [0.15, 0.2) is 24.3 Å². The van der Waals surface area contributed by atoms with Crippen molar-refractivity contribution >= 4 is 11.9 Å². The second-order valence-corrected chi connectivity index (χ2v) is 26.8. The summed E-state index contributed by atoms with van der Waals surface area (Å²) in [6, 6.07) is 7.37. The van der Waals surface area contributed by atoms with E-state index in [9.17, 15) is 24.9 Å². The Morgan fingerprint density at radius 1 is 0.537 bits per heavy atom. The zero-order valence-electron chi connectivity index (χ0n) is 58.1. The summed E-state index contributed by atoms with van der Waals surface area (Å²) in [5, 5.41) is 49.4. The largest absolute Gasteiger partial charge is 0.492 e. The molecule has 6 fully saturated rings. The highest BCUT2D eigenvalue weighted by Gasteiger charge is 2.60. The lowest BCUT2D eigenvalue weighted by Gasteiger charge is -2.33. The molecule has 1 saturated carbocycles. The van der Waals surface area contributed by atoms with Crippen molar-refractivity contribution in [2.75, 3.05) is 140 Å². The van der Waals surface area contributed by atoms with Gasteiger partial charge < -0.3 is 103 Å². The van der Waals surface area contributed by atoms with Crippen LogP contribution in [0.1, 0.15) is 111 Å². The molecule has 2 aromatic rings. The summed E-state index contributed by atoms with van der Waals surface area (Å²) in [5.41, 5.74) is 0.627. The molecule has 0 radical (unpaired) electrons. The third-order valence-corrected chi connectivity index (χ3v) is 21.1. The average Bonchev–Trinajstić information content (AvgIpc) is 1.58. The smallest absolute Gasteiger partial charge is 0.333 e. The van der Waals surface area contributed by atoms with E-state index in [-0.39, 0.29) is 149 Å². The lowest BCUT2D eigenvalue weighted by atomic mass is 9.73. The Morgan fingerprint density at radius 3 is 1.58 bits per heavy atom. The minimum Gasteiger partial charge on any atom is -0.492 e. The van der Waals surface area contributed by atoms with Gasteiger partial charge in [-0.05, 0) is 97.1 Å². The molecule has 1 aromatic heterocycles. The Kier molecular flexibility index (Phi) is 32.0. The molecular formula is C71H115N5O19. The fourth-order valence-corrected chi connectivity index (χ4v) is 16.3. The van der Waals surface area contributed by atoms with Crippen molar-refractivity contribution in [2.24, 2.45) is 59.2 Å². The van der Waals surface area contributed by atoms with Gasteiger partial charge in [0.25, 0.3) is 0 Å². The van der Waals surface area contributed by atoms with Crippen LogP contribution in [-0.4, -0.2) is 227 Å².